The summed E-state index contributed by atoms with van der Waals surface area (Å²) in [7, 11) is 1.83. The Hall–Kier alpha value is -1.23. The van der Waals surface area contributed by atoms with Gasteiger partial charge in [-0.25, -0.2) is 4.99 Å². The molecule has 1 saturated heterocycles. The van der Waals surface area contributed by atoms with Gasteiger partial charge in [0.05, 0.1) is 6.54 Å². The molecule has 23 heavy (non-hydrogen) atoms. The van der Waals surface area contributed by atoms with Crippen molar-refractivity contribution in [2.75, 3.05) is 39.8 Å². The van der Waals surface area contributed by atoms with E-state index in [-0.39, 0.29) is 0 Å². The van der Waals surface area contributed by atoms with Crippen molar-refractivity contribution in [2.45, 2.75) is 40.0 Å². The molecule has 1 fully saturated rings. The fourth-order valence-electron chi connectivity index (χ4n) is 3.33. The van der Waals surface area contributed by atoms with E-state index in [0.29, 0.717) is 11.3 Å². The second kappa shape index (κ2) is 8.57. The fraction of sp³-hybridized carbons (Fsp3) is 0.833. The van der Waals surface area contributed by atoms with Gasteiger partial charge in [0.2, 0.25) is 0 Å². The Balaban J connectivity index is 1.87. The van der Waals surface area contributed by atoms with Gasteiger partial charge in [-0.2, -0.15) is 0 Å². The normalized spacial score (nSPS) is 24.5. The van der Waals surface area contributed by atoms with E-state index in [1.165, 1.54) is 18.7 Å². The highest BCUT2D eigenvalue weighted by molar-refractivity contribution is 5.93. The van der Waals surface area contributed by atoms with E-state index in [1.807, 2.05) is 13.3 Å². The zero-order chi connectivity index (χ0) is 16.7. The van der Waals surface area contributed by atoms with E-state index in [2.05, 4.69) is 46.0 Å². The predicted octanol–water partition coefficient (Wildman–Crippen LogP) is 2.48. The summed E-state index contributed by atoms with van der Waals surface area (Å²) in [5.74, 6) is 2.33. The minimum Gasteiger partial charge on any atom is -0.360 e. The molecule has 0 radical (unpaired) electrons. The molecule has 2 rings (SSSR count). The van der Waals surface area contributed by atoms with Gasteiger partial charge in [-0.3, -0.25) is 4.99 Å². The van der Waals surface area contributed by atoms with E-state index in [9.17, 15) is 0 Å². The van der Waals surface area contributed by atoms with Crippen LogP contribution < -0.4 is 5.32 Å². The highest BCUT2D eigenvalue weighted by Gasteiger charge is 2.33. The van der Waals surface area contributed by atoms with E-state index in [1.54, 1.807) is 6.34 Å². The average Bonchev–Trinajstić information content (AvgIpc) is 2.53. The lowest BCUT2D eigenvalue weighted by molar-refractivity contribution is 0.159. The summed E-state index contributed by atoms with van der Waals surface area (Å²) < 4.78 is 0. The SMILES string of the molecule is C/N=C/C[C@@H]1CN=CN=C1N1CCC(C)(CNCC(C)C)CC1. The molecular formula is C18H33N5. The Morgan fingerprint density at radius 2 is 2.17 bits per heavy atom. The molecule has 0 bridgehead atoms. The largest absolute Gasteiger partial charge is 0.360 e. The standard InChI is InChI=1S/C18H33N5/c1-15(2)11-20-13-18(3)6-9-23(10-7-18)17-16(5-8-19-4)12-21-14-22-17/h8,14-16,20H,5-7,9-13H2,1-4H3/b19-8+/t16-/m1/s1. The zero-order valence-electron chi connectivity index (χ0n) is 15.3. The van der Waals surface area contributed by atoms with Gasteiger partial charge >= 0.3 is 0 Å². The summed E-state index contributed by atoms with van der Waals surface area (Å²) in [6, 6.07) is 0. The van der Waals surface area contributed by atoms with Gasteiger partial charge in [0.25, 0.3) is 0 Å². The van der Waals surface area contributed by atoms with Crippen LogP contribution in [0.2, 0.25) is 0 Å². The van der Waals surface area contributed by atoms with Crippen LogP contribution >= 0.6 is 0 Å². The summed E-state index contributed by atoms with van der Waals surface area (Å²) in [5, 5.41) is 3.64. The lowest BCUT2D eigenvalue weighted by Crippen LogP contribution is -2.48. The van der Waals surface area contributed by atoms with Crippen molar-refractivity contribution in [2.24, 2.45) is 32.2 Å². The van der Waals surface area contributed by atoms with Gasteiger partial charge in [-0.15, -0.1) is 0 Å². The quantitative estimate of drug-likeness (QED) is 0.765. The third kappa shape index (κ3) is 5.41. The maximum atomic E-state index is 4.59. The molecule has 0 saturated carbocycles. The van der Waals surface area contributed by atoms with Crippen LogP contribution in [0.25, 0.3) is 0 Å². The molecule has 0 aromatic heterocycles. The Bertz CT molecular complexity index is 444. The van der Waals surface area contributed by atoms with Crippen molar-refractivity contribution in [3.63, 3.8) is 0 Å². The Morgan fingerprint density at radius 1 is 1.43 bits per heavy atom. The third-order valence-corrected chi connectivity index (χ3v) is 4.93. The Labute approximate surface area is 141 Å². The minimum atomic E-state index is 0.395. The molecule has 2 aliphatic rings. The molecule has 130 valence electrons. The first-order chi connectivity index (χ1) is 11.0. The van der Waals surface area contributed by atoms with Gasteiger partial charge in [0.1, 0.15) is 12.2 Å². The number of piperidine rings is 1. The molecule has 2 heterocycles. The van der Waals surface area contributed by atoms with Crippen LogP contribution in [0.3, 0.4) is 0 Å². The predicted molar refractivity (Wildman–Crippen MR) is 99.9 cm³/mol. The molecule has 0 aromatic carbocycles. The van der Waals surface area contributed by atoms with Crippen LogP contribution in [0.4, 0.5) is 0 Å². The summed E-state index contributed by atoms with van der Waals surface area (Å²) in [6.07, 6.45) is 7.11. The average molecular weight is 319 g/mol. The summed E-state index contributed by atoms with van der Waals surface area (Å²) in [6.45, 7) is 12.2. The van der Waals surface area contributed by atoms with Crippen LogP contribution in [0.1, 0.15) is 40.0 Å². The van der Waals surface area contributed by atoms with Crippen molar-refractivity contribution >= 4 is 18.4 Å². The number of rotatable bonds is 6. The highest BCUT2D eigenvalue weighted by atomic mass is 15.2. The minimum absolute atomic E-state index is 0.395. The van der Waals surface area contributed by atoms with Gasteiger partial charge < -0.3 is 15.2 Å². The lowest BCUT2D eigenvalue weighted by atomic mass is 9.80. The lowest BCUT2D eigenvalue weighted by Gasteiger charge is -2.42. The molecule has 0 aromatic rings. The second-order valence-corrected chi connectivity index (χ2v) is 7.66. The van der Waals surface area contributed by atoms with Gasteiger partial charge in [0, 0.05) is 32.6 Å². The third-order valence-electron chi connectivity index (χ3n) is 4.93. The van der Waals surface area contributed by atoms with Crippen molar-refractivity contribution in [3.05, 3.63) is 0 Å². The maximum absolute atomic E-state index is 4.59. The van der Waals surface area contributed by atoms with Crippen molar-refractivity contribution < 1.29 is 0 Å². The maximum Gasteiger partial charge on any atom is 0.112 e. The van der Waals surface area contributed by atoms with Crippen LogP contribution in [0.5, 0.6) is 0 Å². The van der Waals surface area contributed by atoms with Gasteiger partial charge in [-0.1, -0.05) is 20.8 Å². The number of hydrogen-bond donors (Lipinski definition) is 1. The molecule has 1 N–H and O–H groups in total. The van der Waals surface area contributed by atoms with Crippen molar-refractivity contribution in [1.29, 1.82) is 0 Å². The van der Waals surface area contributed by atoms with Crippen LogP contribution in [0, 0.1) is 17.3 Å². The van der Waals surface area contributed by atoms with Gasteiger partial charge in [0.15, 0.2) is 0 Å². The number of nitrogens with zero attached hydrogens (tertiary/aromatic N) is 4. The Kier molecular flexibility index (Phi) is 6.75. The van der Waals surface area contributed by atoms with E-state index >= 15 is 0 Å². The molecule has 5 heteroatoms. The number of likely N-dealkylation sites (tertiary alicyclic amines) is 1. The summed E-state index contributed by atoms with van der Waals surface area (Å²) >= 11 is 0. The molecule has 0 aliphatic carbocycles. The first kappa shape index (κ1) is 18.1. The van der Waals surface area contributed by atoms with Crippen LogP contribution in [-0.2, 0) is 0 Å². The first-order valence-corrected chi connectivity index (χ1v) is 8.96. The molecular weight excluding hydrogens is 286 g/mol. The molecule has 0 amide bonds. The zero-order valence-corrected chi connectivity index (χ0v) is 15.3. The second-order valence-electron chi connectivity index (χ2n) is 7.66. The molecule has 0 unspecified atom stereocenters. The number of hydrogen-bond acceptors (Lipinski definition) is 5. The van der Waals surface area contributed by atoms with Gasteiger partial charge in [-0.05, 0) is 43.4 Å². The fourth-order valence-corrected chi connectivity index (χ4v) is 3.33. The van der Waals surface area contributed by atoms with Crippen molar-refractivity contribution in [3.8, 4) is 0 Å². The molecule has 2 aliphatic heterocycles. The number of amidine groups is 1. The number of nitrogens with one attached hydrogen (secondary N) is 1. The molecule has 0 spiro atoms. The Morgan fingerprint density at radius 3 is 2.83 bits per heavy atom. The van der Waals surface area contributed by atoms with E-state index < -0.39 is 0 Å². The van der Waals surface area contributed by atoms with Crippen LogP contribution in [0.15, 0.2) is 15.0 Å². The molecule has 5 nitrogen and oxygen atoms in total. The monoisotopic (exact) mass is 319 g/mol. The highest BCUT2D eigenvalue weighted by Crippen LogP contribution is 2.31. The smallest absolute Gasteiger partial charge is 0.112 e. The first-order valence-electron chi connectivity index (χ1n) is 8.96. The summed E-state index contributed by atoms with van der Waals surface area (Å²) in [5.41, 5.74) is 0.412. The van der Waals surface area contributed by atoms with Crippen molar-refractivity contribution in [1.82, 2.24) is 10.2 Å². The van der Waals surface area contributed by atoms with E-state index in [4.69, 9.17) is 0 Å². The van der Waals surface area contributed by atoms with Crippen LogP contribution in [-0.4, -0.2) is 63.1 Å². The topological polar surface area (TPSA) is 52.4 Å². The van der Waals surface area contributed by atoms with E-state index in [0.717, 1.165) is 45.1 Å². The number of aliphatic imine (C=N–C) groups is 3. The summed E-state index contributed by atoms with van der Waals surface area (Å²) in [4.78, 5) is 15.5. The molecule has 1 atom stereocenters.